The Labute approximate surface area is 112 Å². The average Bonchev–Trinajstić information content (AvgIpc) is 2.45. The van der Waals surface area contributed by atoms with Crippen molar-refractivity contribution in [3.63, 3.8) is 0 Å². The molecular formula is C14H20FNO3. The van der Waals surface area contributed by atoms with E-state index in [0.717, 1.165) is 12.1 Å². The van der Waals surface area contributed by atoms with Crippen LogP contribution in [0.2, 0.25) is 0 Å². The molecule has 0 aromatic heterocycles. The van der Waals surface area contributed by atoms with Gasteiger partial charge < -0.3 is 14.9 Å². The van der Waals surface area contributed by atoms with Gasteiger partial charge in [-0.25, -0.2) is 4.39 Å². The third-order valence-electron chi connectivity index (χ3n) is 3.50. The minimum absolute atomic E-state index is 0.00849. The molecule has 1 fully saturated rings. The molecule has 0 amide bonds. The fourth-order valence-electron chi connectivity index (χ4n) is 2.29. The van der Waals surface area contributed by atoms with Crippen molar-refractivity contribution in [1.29, 1.82) is 0 Å². The van der Waals surface area contributed by atoms with E-state index in [-0.39, 0.29) is 18.5 Å². The SMILES string of the molecule is OCC1COCCN1CCC(O)c1ccc(F)cc1. The first kappa shape index (κ1) is 14.4. The van der Waals surface area contributed by atoms with E-state index < -0.39 is 6.10 Å². The number of hydrogen-bond acceptors (Lipinski definition) is 4. The molecule has 1 aliphatic heterocycles. The Bertz CT molecular complexity index is 385. The number of hydrogen-bond donors (Lipinski definition) is 2. The largest absolute Gasteiger partial charge is 0.395 e. The zero-order valence-electron chi connectivity index (χ0n) is 10.8. The molecular weight excluding hydrogens is 249 g/mol. The third kappa shape index (κ3) is 3.98. The zero-order chi connectivity index (χ0) is 13.7. The van der Waals surface area contributed by atoms with E-state index in [1.54, 1.807) is 12.1 Å². The minimum Gasteiger partial charge on any atom is -0.395 e. The molecule has 1 aromatic carbocycles. The van der Waals surface area contributed by atoms with Crippen molar-refractivity contribution in [2.45, 2.75) is 18.6 Å². The molecule has 4 nitrogen and oxygen atoms in total. The van der Waals surface area contributed by atoms with Crippen molar-refractivity contribution in [2.24, 2.45) is 0 Å². The van der Waals surface area contributed by atoms with Crippen LogP contribution in [0.1, 0.15) is 18.1 Å². The summed E-state index contributed by atoms with van der Waals surface area (Å²) in [5.41, 5.74) is 0.718. The second-order valence-corrected chi connectivity index (χ2v) is 4.80. The fourth-order valence-corrected chi connectivity index (χ4v) is 2.29. The van der Waals surface area contributed by atoms with E-state index in [4.69, 9.17) is 4.74 Å². The summed E-state index contributed by atoms with van der Waals surface area (Å²) in [6.45, 7) is 2.70. The highest BCUT2D eigenvalue weighted by Crippen LogP contribution is 2.18. The Balaban J connectivity index is 1.85. The lowest BCUT2D eigenvalue weighted by atomic mass is 10.1. The Kier molecular flexibility index (Phi) is 5.27. The summed E-state index contributed by atoms with van der Waals surface area (Å²) in [7, 11) is 0. The molecule has 5 heteroatoms. The molecule has 0 radical (unpaired) electrons. The van der Waals surface area contributed by atoms with Gasteiger partial charge in [0.2, 0.25) is 0 Å². The molecule has 0 aliphatic carbocycles. The van der Waals surface area contributed by atoms with E-state index in [9.17, 15) is 14.6 Å². The molecule has 2 N–H and O–H groups in total. The summed E-state index contributed by atoms with van der Waals surface area (Å²) >= 11 is 0. The van der Waals surface area contributed by atoms with Gasteiger partial charge in [0.05, 0.1) is 32.0 Å². The number of nitrogens with zero attached hydrogens (tertiary/aromatic N) is 1. The van der Waals surface area contributed by atoms with Crippen molar-refractivity contribution < 1.29 is 19.3 Å². The van der Waals surface area contributed by atoms with Gasteiger partial charge in [0, 0.05) is 13.1 Å². The molecule has 1 heterocycles. The topological polar surface area (TPSA) is 52.9 Å². The van der Waals surface area contributed by atoms with Gasteiger partial charge >= 0.3 is 0 Å². The van der Waals surface area contributed by atoms with Crippen LogP contribution in [0.4, 0.5) is 4.39 Å². The lowest BCUT2D eigenvalue weighted by Crippen LogP contribution is -2.48. The molecule has 2 rings (SSSR count). The summed E-state index contributed by atoms with van der Waals surface area (Å²) in [6, 6.07) is 5.91. The van der Waals surface area contributed by atoms with Gasteiger partial charge in [-0.2, -0.15) is 0 Å². The second-order valence-electron chi connectivity index (χ2n) is 4.80. The van der Waals surface area contributed by atoms with Crippen LogP contribution in [0.15, 0.2) is 24.3 Å². The predicted molar refractivity (Wildman–Crippen MR) is 69.2 cm³/mol. The lowest BCUT2D eigenvalue weighted by molar-refractivity contribution is -0.0321. The van der Waals surface area contributed by atoms with E-state index in [2.05, 4.69) is 4.90 Å². The number of aliphatic hydroxyl groups is 2. The average molecular weight is 269 g/mol. The fraction of sp³-hybridized carbons (Fsp3) is 0.571. The molecule has 1 aliphatic rings. The molecule has 0 bridgehead atoms. The summed E-state index contributed by atoms with van der Waals surface area (Å²) in [6.07, 6.45) is -0.0509. The first-order valence-corrected chi connectivity index (χ1v) is 6.57. The van der Waals surface area contributed by atoms with Crippen LogP contribution in [-0.2, 0) is 4.74 Å². The van der Waals surface area contributed by atoms with Crippen molar-refractivity contribution in [2.75, 3.05) is 32.9 Å². The molecule has 0 saturated carbocycles. The number of benzene rings is 1. The van der Waals surface area contributed by atoms with Gasteiger partial charge in [-0.3, -0.25) is 4.90 Å². The summed E-state index contributed by atoms with van der Waals surface area (Å²) in [5, 5.41) is 19.3. The minimum atomic E-state index is -0.609. The molecule has 106 valence electrons. The Hall–Kier alpha value is -1.01. The van der Waals surface area contributed by atoms with E-state index in [1.165, 1.54) is 12.1 Å². The molecule has 1 aromatic rings. The van der Waals surface area contributed by atoms with E-state index in [1.807, 2.05) is 0 Å². The highest BCUT2D eigenvalue weighted by Gasteiger charge is 2.22. The van der Waals surface area contributed by atoms with Crippen LogP contribution in [0.25, 0.3) is 0 Å². The van der Waals surface area contributed by atoms with Crippen LogP contribution in [-0.4, -0.2) is 54.1 Å². The maximum absolute atomic E-state index is 12.8. The number of aliphatic hydroxyl groups excluding tert-OH is 2. The van der Waals surface area contributed by atoms with Crippen LogP contribution in [0.5, 0.6) is 0 Å². The molecule has 2 atom stereocenters. The first-order valence-electron chi connectivity index (χ1n) is 6.57. The Morgan fingerprint density at radius 2 is 2.11 bits per heavy atom. The van der Waals surface area contributed by atoms with Gasteiger partial charge in [0.25, 0.3) is 0 Å². The smallest absolute Gasteiger partial charge is 0.123 e. The maximum Gasteiger partial charge on any atom is 0.123 e. The van der Waals surface area contributed by atoms with Crippen LogP contribution >= 0.6 is 0 Å². The summed E-state index contributed by atoms with van der Waals surface area (Å²) in [4.78, 5) is 2.12. The first-order chi connectivity index (χ1) is 9.20. The van der Waals surface area contributed by atoms with Gasteiger partial charge in [-0.15, -0.1) is 0 Å². The maximum atomic E-state index is 12.8. The molecule has 1 saturated heterocycles. The lowest BCUT2D eigenvalue weighted by Gasteiger charge is -2.34. The van der Waals surface area contributed by atoms with Crippen molar-refractivity contribution >= 4 is 0 Å². The van der Waals surface area contributed by atoms with Gasteiger partial charge in [-0.05, 0) is 24.1 Å². The van der Waals surface area contributed by atoms with Crippen molar-refractivity contribution in [3.05, 3.63) is 35.6 Å². The normalized spacial score (nSPS) is 22.4. The highest BCUT2D eigenvalue weighted by atomic mass is 19.1. The third-order valence-corrected chi connectivity index (χ3v) is 3.50. The number of ether oxygens (including phenoxy) is 1. The monoisotopic (exact) mass is 269 g/mol. The van der Waals surface area contributed by atoms with E-state index >= 15 is 0 Å². The molecule has 19 heavy (non-hydrogen) atoms. The van der Waals surface area contributed by atoms with Gasteiger partial charge in [0.1, 0.15) is 5.82 Å². The summed E-state index contributed by atoms with van der Waals surface area (Å²) in [5.74, 6) is -0.301. The second kappa shape index (κ2) is 6.96. The van der Waals surface area contributed by atoms with Gasteiger partial charge in [0.15, 0.2) is 0 Å². The van der Waals surface area contributed by atoms with E-state index in [0.29, 0.717) is 26.2 Å². The van der Waals surface area contributed by atoms with Crippen LogP contribution in [0.3, 0.4) is 0 Å². The van der Waals surface area contributed by atoms with Crippen molar-refractivity contribution in [3.8, 4) is 0 Å². The van der Waals surface area contributed by atoms with Gasteiger partial charge in [-0.1, -0.05) is 12.1 Å². The van der Waals surface area contributed by atoms with Crippen LogP contribution in [0, 0.1) is 5.82 Å². The number of halogens is 1. The van der Waals surface area contributed by atoms with Crippen molar-refractivity contribution in [1.82, 2.24) is 4.90 Å². The standard InChI is InChI=1S/C14H20FNO3/c15-12-3-1-11(2-4-12)14(18)5-6-16-7-8-19-10-13(16)9-17/h1-4,13-14,17-18H,5-10H2. The summed E-state index contributed by atoms with van der Waals surface area (Å²) < 4.78 is 18.1. The Morgan fingerprint density at radius 3 is 2.79 bits per heavy atom. The predicted octanol–water partition coefficient (Wildman–Crippen LogP) is 0.942. The molecule has 0 spiro atoms. The van der Waals surface area contributed by atoms with Crippen LogP contribution < -0.4 is 0 Å². The molecule has 2 unspecified atom stereocenters. The number of rotatable bonds is 5. The zero-order valence-corrected chi connectivity index (χ0v) is 10.8. The number of morpholine rings is 1. The quantitative estimate of drug-likeness (QED) is 0.835. The highest BCUT2D eigenvalue weighted by molar-refractivity contribution is 5.18. The Morgan fingerprint density at radius 1 is 1.37 bits per heavy atom.